The number of aryl methyl sites for hydroxylation is 2. The molecule has 0 spiro atoms. The van der Waals surface area contributed by atoms with Crippen molar-refractivity contribution in [2.24, 2.45) is 0 Å². The quantitative estimate of drug-likeness (QED) is 0.850. The number of sulfonamides is 1. The summed E-state index contributed by atoms with van der Waals surface area (Å²) in [4.78, 5) is 0.100. The van der Waals surface area contributed by atoms with Crippen LogP contribution >= 0.6 is 0 Å². The Hall–Kier alpha value is -1.90. The molecule has 0 amide bonds. The second kappa shape index (κ2) is 6.68. The van der Waals surface area contributed by atoms with Gasteiger partial charge in [-0.25, -0.2) is 16.8 Å². The highest BCUT2D eigenvalue weighted by atomic mass is 32.2. The summed E-state index contributed by atoms with van der Waals surface area (Å²) < 4.78 is 51.9. The predicted molar refractivity (Wildman–Crippen MR) is 100 cm³/mol. The maximum atomic E-state index is 13.4. The van der Waals surface area contributed by atoms with Gasteiger partial charge in [-0.1, -0.05) is 35.9 Å². The lowest BCUT2D eigenvalue weighted by molar-refractivity contribution is 0.184. The first-order valence-corrected chi connectivity index (χ1v) is 11.4. The number of aliphatic hydroxyl groups excluding tert-OH is 1. The van der Waals surface area contributed by atoms with Crippen LogP contribution in [0.25, 0.3) is 0 Å². The van der Waals surface area contributed by atoms with Crippen LogP contribution in [0.3, 0.4) is 0 Å². The average molecular weight is 396 g/mol. The van der Waals surface area contributed by atoms with E-state index in [-0.39, 0.29) is 4.90 Å². The van der Waals surface area contributed by atoms with E-state index in [9.17, 15) is 21.9 Å². The summed E-state index contributed by atoms with van der Waals surface area (Å²) in [5.74, 6) is -0.851. The van der Waals surface area contributed by atoms with Gasteiger partial charge in [0, 0.05) is 0 Å². The molecule has 6 nitrogen and oxygen atoms in total. The van der Waals surface area contributed by atoms with E-state index in [2.05, 4.69) is 0 Å². The normalized spacial score (nSPS) is 22.3. The Bertz CT molecular complexity index is 1020. The second-order valence-corrected chi connectivity index (χ2v) is 10.6. The summed E-state index contributed by atoms with van der Waals surface area (Å²) in [6, 6.07) is 12.2. The molecule has 0 aromatic heterocycles. The van der Waals surface area contributed by atoms with Crippen molar-refractivity contribution < 1.29 is 21.9 Å². The Morgan fingerprint density at radius 1 is 1.04 bits per heavy atom. The molecule has 0 aliphatic carbocycles. The van der Waals surface area contributed by atoms with Crippen LogP contribution in [0.5, 0.6) is 0 Å². The van der Waals surface area contributed by atoms with Crippen molar-refractivity contribution in [2.75, 3.05) is 15.8 Å². The molecule has 1 fully saturated rings. The van der Waals surface area contributed by atoms with Gasteiger partial charge < -0.3 is 5.11 Å². The standard InChI is InChI=1S/C18H21NO5S2/c1-13-8-9-18(14(2)10-13)26(23,24)19(15-6-4-3-5-7-15)16-11-25(21,22)12-17(16)20/h3-10,16-17,20H,11-12H2,1-2H3/t16-,17-/m1/s1. The van der Waals surface area contributed by atoms with Crippen molar-refractivity contribution in [3.8, 4) is 0 Å². The number of hydrogen-bond donors (Lipinski definition) is 1. The van der Waals surface area contributed by atoms with E-state index in [4.69, 9.17) is 0 Å². The summed E-state index contributed by atoms with van der Waals surface area (Å²) >= 11 is 0. The largest absolute Gasteiger partial charge is 0.390 e. The van der Waals surface area contributed by atoms with Crippen molar-refractivity contribution in [3.05, 3.63) is 59.7 Å². The monoisotopic (exact) mass is 395 g/mol. The highest BCUT2D eigenvalue weighted by Gasteiger charge is 2.45. The molecule has 0 saturated carbocycles. The minimum absolute atomic E-state index is 0.100. The summed E-state index contributed by atoms with van der Waals surface area (Å²) in [7, 11) is -7.57. The number of para-hydroxylation sites is 1. The molecular formula is C18H21NO5S2. The van der Waals surface area contributed by atoms with E-state index in [0.29, 0.717) is 11.3 Å². The van der Waals surface area contributed by atoms with E-state index in [1.165, 1.54) is 6.07 Å². The fourth-order valence-electron chi connectivity index (χ4n) is 3.31. The molecule has 0 bridgehead atoms. The van der Waals surface area contributed by atoms with Gasteiger partial charge in [0.25, 0.3) is 10.0 Å². The number of anilines is 1. The zero-order chi connectivity index (χ0) is 19.1. The Morgan fingerprint density at radius 2 is 1.69 bits per heavy atom. The molecule has 1 aliphatic rings. The van der Waals surface area contributed by atoms with Gasteiger partial charge in [-0.15, -0.1) is 0 Å². The van der Waals surface area contributed by atoms with Gasteiger partial charge in [0.2, 0.25) is 0 Å². The molecule has 0 radical (unpaired) electrons. The molecule has 0 unspecified atom stereocenters. The first-order valence-electron chi connectivity index (χ1n) is 8.17. The van der Waals surface area contributed by atoms with Crippen LogP contribution in [0.15, 0.2) is 53.4 Å². The van der Waals surface area contributed by atoms with E-state index in [1.807, 2.05) is 6.92 Å². The Kier molecular flexibility index (Phi) is 4.85. The minimum Gasteiger partial charge on any atom is -0.390 e. The van der Waals surface area contributed by atoms with Crippen LogP contribution in [0.2, 0.25) is 0 Å². The highest BCUT2D eigenvalue weighted by molar-refractivity contribution is 7.93. The van der Waals surface area contributed by atoms with Crippen LogP contribution in [-0.4, -0.2) is 45.6 Å². The third-order valence-corrected chi connectivity index (χ3v) is 8.18. The lowest BCUT2D eigenvalue weighted by Gasteiger charge is -2.32. The van der Waals surface area contributed by atoms with Crippen LogP contribution in [-0.2, 0) is 19.9 Å². The molecule has 26 heavy (non-hydrogen) atoms. The number of nitrogens with zero attached hydrogens (tertiary/aromatic N) is 1. The van der Waals surface area contributed by atoms with Crippen LogP contribution in [0.1, 0.15) is 11.1 Å². The molecule has 1 N–H and O–H groups in total. The first kappa shape index (κ1) is 18.9. The Labute approximate surface area is 154 Å². The molecule has 2 atom stereocenters. The summed E-state index contributed by atoms with van der Waals surface area (Å²) in [5, 5.41) is 10.3. The molecule has 2 aromatic rings. The molecule has 140 valence electrons. The smallest absolute Gasteiger partial charge is 0.264 e. The number of sulfone groups is 1. The first-order chi connectivity index (χ1) is 12.1. The van der Waals surface area contributed by atoms with Crippen LogP contribution < -0.4 is 4.31 Å². The van der Waals surface area contributed by atoms with Gasteiger partial charge in [-0.2, -0.15) is 0 Å². The van der Waals surface area contributed by atoms with E-state index < -0.39 is 43.5 Å². The summed E-state index contributed by atoms with van der Waals surface area (Å²) in [5.41, 5.74) is 1.83. The molecule has 1 heterocycles. The van der Waals surface area contributed by atoms with Crippen molar-refractivity contribution in [3.63, 3.8) is 0 Å². The molecule has 8 heteroatoms. The second-order valence-electron chi connectivity index (χ2n) is 6.62. The zero-order valence-electron chi connectivity index (χ0n) is 14.5. The SMILES string of the molecule is Cc1ccc(S(=O)(=O)N(c2ccccc2)[C@@H]2CS(=O)(=O)C[C@H]2O)c(C)c1. The van der Waals surface area contributed by atoms with Crippen molar-refractivity contribution in [1.82, 2.24) is 0 Å². The summed E-state index contributed by atoms with van der Waals surface area (Å²) in [6.07, 6.45) is -1.28. The van der Waals surface area contributed by atoms with E-state index in [1.54, 1.807) is 49.4 Å². The number of benzene rings is 2. The third kappa shape index (κ3) is 3.49. The van der Waals surface area contributed by atoms with Crippen molar-refractivity contribution in [2.45, 2.75) is 30.9 Å². The lowest BCUT2D eigenvalue weighted by atomic mass is 10.2. The molecule has 2 aromatic carbocycles. The Morgan fingerprint density at radius 3 is 2.23 bits per heavy atom. The lowest BCUT2D eigenvalue weighted by Crippen LogP contribution is -2.47. The average Bonchev–Trinajstić information content (AvgIpc) is 2.80. The van der Waals surface area contributed by atoms with Crippen molar-refractivity contribution in [1.29, 1.82) is 0 Å². The van der Waals surface area contributed by atoms with Gasteiger partial charge in [0.15, 0.2) is 9.84 Å². The van der Waals surface area contributed by atoms with E-state index >= 15 is 0 Å². The minimum atomic E-state index is -4.06. The van der Waals surface area contributed by atoms with Gasteiger partial charge in [-0.3, -0.25) is 4.31 Å². The number of hydrogen-bond acceptors (Lipinski definition) is 5. The molecular weight excluding hydrogens is 374 g/mol. The predicted octanol–water partition coefficient (Wildman–Crippen LogP) is 1.66. The zero-order valence-corrected chi connectivity index (χ0v) is 16.2. The topological polar surface area (TPSA) is 91.8 Å². The Balaban J connectivity index is 2.18. The highest BCUT2D eigenvalue weighted by Crippen LogP contribution is 2.32. The van der Waals surface area contributed by atoms with Gasteiger partial charge in [0.1, 0.15) is 0 Å². The van der Waals surface area contributed by atoms with Gasteiger partial charge in [0.05, 0.1) is 34.2 Å². The van der Waals surface area contributed by atoms with Crippen LogP contribution in [0.4, 0.5) is 5.69 Å². The van der Waals surface area contributed by atoms with Gasteiger partial charge in [-0.05, 0) is 37.6 Å². The third-order valence-electron chi connectivity index (χ3n) is 4.47. The van der Waals surface area contributed by atoms with Gasteiger partial charge >= 0.3 is 0 Å². The van der Waals surface area contributed by atoms with Crippen LogP contribution in [0, 0.1) is 13.8 Å². The molecule has 1 saturated heterocycles. The number of rotatable bonds is 4. The maximum Gasteiger partial charge on any atom is 0.264 e. The number of aliphatic hydroxyl groups is 1. The molecule has 1 aliphatic heterocycles. The fourth-order valence-corrected chi connectivity index (χ4v) is 7.07. The van der Waals surface area contributed by atoms with Crippen molar-refractivity contribution >= 4 is 25.5 Å². The summed E-state index contributed by atoms with van der Waals surface area (Å²) in [6.45, 7) is 3.57. The van der Waals surface area contributed by atoms with E-state index in [0.717, 1.165) is 9.87 Å². The maximum absolute atomic E-state index is 13.4. The fraction of sp³-hybridized carbons (Fsp3) is 0.333. The molecule has 3 rings (SSSR count).